The van der Waals surface area contributed by atoms with Crippen LogP contribution in [0, 0.1) is 11.3 Å². The van der Waals surface area contributed by atoms with Gasteiger partial charge in [-0.25, -0.2) is 0 Å². The van der Waals surface area contributed by atoms with Crippen LogP contribution in [0.3, 0.4) is 0 Å². The maximum Gasteiger partial charge on any atom is 0.0584 e. The average Bonchev–Trinajstić information content (AvgIpc) is 2.03. The Kier molecular flexibility index (Phi) is 3.13. The first-order chi connectivity index (χ1) is 5.54. The highest BCUT2D eigenvalue weighted by atomic mass is 16.3. The molecule has 0 bridgehead atoms. The van der Waals surface area contributed by atoms with Crippen molar-refractivity contribution in [3.05, 3.63) is 0 Å². The lowest BCUT2D eigenvalue weighted by molar-refractivity contribution is 0.127. The molecule has 2 N–H and O–H groups in total. The molecular weight excluding hydrogens is 150 g/mol. The molecule has 0 spiro atoms. The SMILES string of the molecule is CC(C)(C)C1CCNC(CO)C1. The third-order valence-electron chi connectivity index (χ3n) is 2.94. The van der Waals surface area contributed by atoms with Crippen molar-refractivity contribution in [3.8, 4) is 0 Å². The lowest BCUT2D eigenvalue weighted by atomic mass is 9.74. The number of aliphatic hydroxyl groups excluding tert-OH is 1. The van der Waals surface area contributed by atoms with Crippen molar-refractivity contribution in [1.29, 1.82) is 0 Å². The van der Waals surface area contributed by atoms with E-state index < -0.39 is 0 Å². The first kappa shape index (κ1) is 10.0. The zero-order valence-electron chi connectivity index (χ0n) is 8.43. The molecule has 0 aromatic rings. The summed E-state index contributed by atoms with van der Waals surface area (Å²) >= 11 is 0. The molecule has 0 radical (unpaired) electrons. The summed E-state index contributed by atoms with van der Waals surface area (Å²) in [5.74, 6) is 0.760. The van der Waals surface area contributed by atoms with E-state index in [2.05, 4.69) is 26.1 Å². The standard InChI is InChI=1S/C10H21NO/c1-10(2,3)8-4-5-11-9(6-8)7-12/h8-9,11-12H,4-7H2,1-3H3. The van der Waals surface area contributed by atoms with E-state index in [1.54, 1.807) is 0 Å². The summed E-state index contributed by atoms with van der Waals surface area (Å²) in [5.41, 5.74) is 0.398. The lowest BCUT2D eigenvalue weighted by Crippen LogP contribution is -2.43. The third kappa shape index (κ3) is 2.46. The Morgan fingerprint density at radius 3 is 2.58 bits per heavy atom. The van der Waals surface area contributed by atoms with Gasteiger partial charge in [-0.1, -0.05) is 20.8 Å². The van der Waals surface area contributed by atoms with Gasteiger partial charge in [0.1, 0.15) is 0 Å². The number of piperidine rings is 1. The Labute approximate surface area is 75.4 Å². The molecule has 0 aromatic carbocycles. The van der Waals surface area contributed by atoms with Crippen LogP contribution in [0.15, 0.2) is 0 Å². The lowest BCUT2D eigenvalue weighted by Gasteiger charge is -2.37. The number of hydrogen-bond donors (Lipinski definition) is 2. The molecule has 0 amide bonds. The van der Waals surface area contributed by atoms with Gasteiger partial charge in [0, 0.05) is 6.04 Å². The van der Waals surface area contributed by atoms with Gasteiger partial charge in [0.05, 0.1) is 6.61 Å². The molecule has 2 atom stereocenters. The van der Waals surface area contributed by atoms with Crippen molar-refractivity contribution in [2.75, 3.05) is 13.2 Å². The topological polar surface area (TPSA) is 32.3 Å². The van der Waals surface area contributed by atoms with Crippen molar-refractivity contribution in [3.63, 3.8) is 0 Å². The van der Waals surface area contributed by atoms with Crippen LogP contribution < -0.4 is 5.32 Å². The van der Waals surface area contributed by atoms with Crippen LogP contribution in [0.5, 0.6) is 0 Å². The summed E-state index contributed by atoms with van der Waals surface area (Å²) in [6.07, 6.45) is 2.38. The maximum atomic E-state index is 9.01. The summed E-state index contributed by atoms with van der Waals surface area (Å²) in [7, 11) is 0. The van der Waals surface area contributed by atoms with E-state index in [4.69, 9.17) is 5.11 Å². The maximum absolute atomic E-state index is 9.01. The normalized spacial score (nSPS) is 32.0. The van der Waals surface area contributed by atoms with Crippen molar-refractivity contribution in [2.45, 2.75) is 39.7 Å². The zero-order valence-corrected chi connectivity index (χ0v) is 8.43. The number of nitrogens with one attached hydrogen (secondary N) is 1. The third-order valence-corrected chi connectivity index (χ3v) is 2.94. The Balaban J connectivity index is 2.46. The van der Waals surface area contributed by atoms with Crippen molar-refractivity contribution in [1.82, 2.24) is 5.32 Å². The van der Waals surface area contributed by atoms with Crippen molar-refractivity contribution < 1.29 is 5.11 Å². The minimum Gasteiger partial charge on any atom is -0.395 e. The first-order valence-corrected chi connectivity index (χ1v) is 4.88. The second-order valence-electron chi connectivity index (χ2n) is 4.92. The molecule has 2 nitrogen and oxygen atoms in total. The van der Waals surface area contributed by atoms with Crippen LogP contribution >= 0.6 is 0 Å². The van der Waals surface area contributed by atoms with Gasteiger partial charge >= 0.3 is 0 Å². The van der Waals surface area contributed by atoms with Crippen LogP contribution in [0.1, 0.15) is 33.6 Å². The summed E-state index contributed by atoms with van der Waals surface area (Å²) in [6.45, 7) is 8.21. The molecule has 1 aliphatic heterocycles. The molecule has 1 fully saturated rings. The van der Waals surface area contributed by atoms with Gasteiger partial charge in [0.15, 0.2) is 0 Å². The Bertz CT molecular complexity index is 139. The quantitative estimate of drug-likeness (QED) is 0.625. The predicted molar refractivity (Wildman–Crippen MR) is 51.1 cm³/mol. The smallest absolute Gasteiger partial charge is 0.0584 e. The highest BCUT2D eigenvalue weighted by molar-refractivity contribution is 4.84. The molecule has 1 rings (SSSR count). The van der Waals surface area contributed by atoms with Crippen molar-refractivity contribution in [2.24, 2.45) is 11.3 Å². The Morgan fingerprint density at radius 2 is 2.08 bits per heavy atom. The summed E-state index contributed by atoms with van der Waals surface area (Å²) in [6, 6.07) is 0.336. The van der Waals surface area contributed by atoms with Crippen LogP contribution in [0.2, 0.25) is 0 Å². The fourth-order valence-corrected chi connectivity index (χ4v) is 1.93. The molecule has 12 heavy (non-hydrogen) atoms. The Hall–Kier alpha value is -0.0800. The monoisotopic (exact) mass is 171 g/mol. The van der Waals surface area contributed by atoms with Crippen LogP contribution in [0.25, 0.3) is 0 Å². The highest BCUT2D eigenvalue weighted by Crippen LogP contribution is 2.33. The molecule has 72 valence electrons. The molecular formula is C10H21NO. The average molecular weight is 171 g/mol. The molecule has 2 heteroatoms. The fourth-order valence-electron chi connectivity index (χ4n) is 1.93. The van der Waals surface area contributed by atoms with Crippen LogP contribution in [-0.2, 0) is 0 Å². The predicted octanol–water partition coefficient (Wildman–Crippen LogP) is 1.39. The molecule has 0 aliphatic carbocycles. The van der Waals surface area contributed by atoms with E-state index in [9.17, 15) is 0 Å². The molecule has 1 aliphatic rings. The zero-order chi connectivity index (χ0) is 9.19. The van der Waals surface area contributed by atoms with Gasteiger partial charge in [-0.3, -0.25) is 0 Å². The molecule has 0 aromatic heterocycles. The van der Waals surface area contributed by atoms with E-state index in [-0.39, 0.29) is 6.61 Å². The summed E-state index contributed by atoms with van der Waals surface area (Å²) in [5, 5.41) is 12.3. The van der Waals surface area contributed by atoms with E-state index >= 15 is 0 Å². The van der Waals surface area contributed by atoms with E-state index in [1.807, 2.05) is 0 Å². The summed E-state index contributed by atoms with van der Waals surface area (Å²) < 4.78 is 0. The second kappa shape index (κ2) is 3.75. The highest BCUT2D eigenvalue weighted by Gasteiger charge is 2.29. The van der Waals surface area contributed by atoms with Crippen LogP contribution in [0.4, 0.5) is 0 Å². The van der Waals surface area contributed by atoms with E-state index in [0.717, 1.165) is 18.9 Å². The van der Waals surface area contributed by atoms with Gasteiger partial charge in [0.25, 0.3) is 0 Å². The largest absolute Gasteiger partial charge is 0.395 e. The molecule has 1 saturated heterocycles. The minimum absolute atomic E-state index is 0.284. The van der Waals surface area contributed by atoms with Gasteiger partial charge in [-0.15, -0.1) is 0 Å². The number of hydrogen-bond acceptors (Lipinski definition) is 2. The number of aliphatic hydroxyl groups is 1. The van der Waals surface area contributed by atoms with Gasteiger partial charge in [-0.05, 0) is 30.7 Å². The van der Waals surface area contributed by atoms with E-state index in [0.29, 0.717) is 11.5 Å². The number of rotatable bonds is 1. The van der Waals surface area contributed by atoms with Gasteiger partial charge in [-0.2, -0.15) is 0 Å². The first-order valence-electron chi connectivity index (χ1n) is 4.88. The summed E-state index contributed by atoms with van der Waals surface area (Å²) in [4.78, 5) is 0. The van der Waals surface area contributed by atoms with Crippen molar-refractivity contribution >= 4 is 0 Å². The van der Waals surface area contributed by atoms with E-state index in [1.165, 1.54) is 6.42 Å². The Morgan fingerprint density at radius 1 is 1.42 bits per heavy atom. The molecule has 2 unspecified atom stereocenters. The minimum atomic E-state index is 0.284. The second-order valence-corrected chi connectivity index (χ2v) is 4.92. The van der Waals surface area contributed by atoms with Crippen LogP contribution in [-0.4, -0.2) is 24.3 Å². The van der Waals surface area contributed by atoms with Gasteiger partial charge in [0.2, 0.25) is 0 Å². The van der Waals surface area contributed by atoms with Gasteiger partial charge < -0.3 is 10.4 Å². The molecule has 1 heterocycles. The molecule has 0 saturated carbocycles. The fraction of sp³-hybridized carbons (Fsp3) is 1.00.